The Balaban J connectivity index is 2.67. The summed E-state index contributed by atoms with van der Waals surface area (Å²) in [5.41, 5.74) is 5.48. The van der Waals surface area contributed by atoms with Gasteiger partial charge in [0.05, 0.1) is 12.1 Å². The minimum absolute atomic E-state index is 0.473. The fourth-order valence-corrected chi connectivity index (χ4v) is 0.607. The van der Waals surface area contributed by atoms with Crippen molar-refractivity contribution in [1.29, 1.82) is 0 Å². The van der Waals surface area contributed by atoms with Crippen molar-refractivity contribution in [3.05, 3.63) is 36.5 Å². The average Bonchev–Trinajstić information content (AvgIpc) is 1.88. The molecule has 0 saturated heterocycles. The standard InChI is InChI=1S/C7H7N2O/c8-7(10)5-6-3-1-2-4-9-6/h1-5H,(H2,8,10). The number of pyridine rings is 1. The van der Waals surface area contributed by atoms with Crippen molar-refractivity contribution in [2.45, 2.75) is 0 Å². The summed E-state index contributed by atoms with van der Waals surface area (Å²) >= 11 is 0. The van der Waals surface area contributed by atoms with Crippen molar-refractivity contribution < 1.29 is 4.79 Å². The molecule has 10 heavy (non-hydrogen) atoms. The topological polar surface area (TPSA) is 56.0 Å². The van der Waals surface area contributed by atoms with Crippen LogP contribution in [0.15, 0.2) is 24.4 Å². The molecule has 0 aliphatic carbocycles. The predicted molar refractivity (Wildman–Crippen MR) is 36.8 cm³/mol. The van der Waals surface area contributed by atoms with Gasteiger partial charge in [-0.05, 0) is 12.1 Å². The van der Waals surface area contributed by atoms with Crippen LogP contribution in [0.25, 0.3) is 0 Å². The van der Waals surface area contributed by atoms with Crippen LogP contribution in [0, 0.1) is 6.42 Å². The van der Waals surface area contributed by atoms with Crippen LogP contribution in [0.5, 0.6) is 0 Å². The molecule has 3 heteroatoms. The summed E-state index contributed by atoms with van der Waals surface area (Å²) in [6.07, 6.45) is 2.88. The first-order valence-corrected chi connectivity index (χ1v) is 2.84. The van der Waals surface area contributed by atoms with E-state index in [-0.39, 0.29) is 0 Å². The second-order valence-electron chi connectivity index (χ2n) is 1.80. The predicted octanol–water partition coefficient (Wildman–Crippen LogP) is 0.119. The molecule has 1 aromatic heterocycles. The highest BCUT2D eigenvalue weighted by Gasteiger charge is 1.96. The van der Waals surface area contributed by atoms with Crippen LogP contribution in [0.3, 0.4) is 0 Å². The molecular weight excluding hydrogens is 128 g/mol. The van der Waals surface area contributed by atoms with Gasteiger partial charge in [0.1, 0.15) is 0 Å². The Labute approximate surface area is 58.9 Å². The number of hydrogen-bond donors (Lipinski definition) is 1. The smallest absolute Gasteiger partial charge is 0.227 e. The van der Waals surface area contributed by atoms with E-state index in [2.05, 4.69) is 4.98 Å². The van der Waals surface area contributed by atoms with Gasteiger partial charge >= 0.3 is 0 Å². The number of nitrogens with zero attached hydrogens (tertiary/aromatic N) is 1. The zero-order chi connectivity index (χ0) is 7.40. The van der Waals surface area contributed by atoms with E-state index < -0.39 is 5.91 Å². The Kier molecular flexibility index (Phi) is 1.99. The molecule has 1 radical (unpaired) electrons. The zero-order valence-electron chi connectivity index (χ0n) is 5.32. The minimum Gasteiger partial charge on any atom is -0.369 e. The van der Waals surface area contributed by atoms with Crippen molar-refractivity contribution in [2.24, 2.45) is 5.73 Å². The second-order valence-corrected chi connectivity index (χ2v) is 1.80. The summed E-state index contributed by atoms with van der Waals surface area (Å²) < 4.78 is 0. The van der Waals surface area contributed by atoms with Crippen LogP contribution in [0.4, 0.5) is 0 Å². The maximum Gasteiger partial charge on any atom is 0.227 e. The molecule has 1 rings (SSSR count). The van der Waals surface area contributed by atoms with Crippen LogP contribution in [-0.4, -0.2) is 10.9 Å². The molecular formula is C7H7N2O. The first kappa shape index (κ1) is 6.74. The zero-order valence-corrected chi connectivity index (χ0v) is 5.32. The van der Waals surface area contributed by atoms with Crippen molar-refractivity contribution in [3.8, 4) is 0 Å². The summed E-state index contributed by atoms with van der Waals surface area (Å²) in [6, 6.07) is 5.28. The lowest BCUT2D eigenvalue weighted by Crippen LogP contribution is -2.11. The van der Waals surface area contributed by atoms with Crippen LogP contribution < -0.4 is 5.73 Å². The molecule has 0 bridgehead atoms. The van der Waals surface area contributed by atoms with Gasteiger partial charge in [0.25, 0.3) is 0 Å². The van der Waals surface area contributed by atoms with E-state index in [1.54, 1.807) is 24.4 Å². The molecule has 3 nitrogen and oxygen atoms in total. The highest BCUT2D eigenvalue weighted by molar-refractivity contribution is 5.86. The van der Waals surface area contributed by atoms with Crippen molar-refractivity contribution in [3.63, 3.8) is 0 Å². The monoisotopic (exact) mass is 135 g/mol. The van der Waals surface area contributed by atoms with Crippen molar-refractivity contribution >= 4 is 5.91 Å². The van der Waals surface area contributed by atoms with Crippen LogP contribution in [0.2, 0.25) is 0 Å². The Morgan fingerprint density at radius 1 is 1.60 bits per heavy atom. The van der Waals surface area contributed by atoms with Crippen LogP contribution >= 0.6 is 0 Å². The van der Waals surface area contributed by atoms with E-state index in [0.29, 0.717) is 5.69 Å². The minimum atomic E-state index is -0.473. The molecule has 0 aliphatic rings. The Morgan fingerprint density at radius 3 is 2.90 bits per heavy atom. The summed E-state index contributed by atoms with van der Waals surface area (Å²) in [6.45, 7) is 0. The third-order valence-corrected chi connectivity index (χ3v) is 0.978. The number of rotatable bonds is 2. The number of carbonyl (C=O) groups is 1. The molecule has 0 aromatic carbocycles. The summed E-state index contributed by atoms with van der Waals surface area (Å²) in [4.78, 5) is 14.2. The van der Waals surface area contributed by atoms with Crippen molar-refractivity contribution in [1.82, 2.24) is 4.98 Å². The fourth-order valence-electron chi connectivity index (χ4n) is 0.607. The van der Waals surface area contributed by atoms with E-state index in [9.17, 15) is 4.79 Å². The third kappa shape index (κ3) is 1.85. The molecule has 1 heterocycles. The summed E-state index contributed by atoms with van der Waals surface area (Å²) in [5, 5.41) is 0. The molecule has 0 unspecified atom stereocenters. The molecule has 0 fully saturated rings. The Morgan fingerprint density at radius 2 is 2.40 bits per heavy atom. The van der Waals surface area contributed by atoms with Gasteiger partial charge in [-0.3, -0.25) is 9.78 Å². The number of nitrogens with two attached hydrogens (primary N) is 1. The van der Waals surface area contributed by atoms with Gasteiger partial charge in [0.15, 0.2) is 0 Å². The van der Waals surface area contributed by atoms with Gasteiger partial charge in [-0.15, -0.1) is 0 Å². The van der Waals surface area contributed by atoms with Crippen molar-refractivity contribution in [2.75, 3.05) is 0 Å². The molecule has 1 amide bonds. The van der Waals surface area contributed by atoms with Crippen LogP contribution in [-0.2, 0) is 4.79 Å². The molecule has 2 N–H and O–H groups in total. The number of aromatic nitrogens is 1. The largest absolute Gasteiger partial charge is 0.369 e. The van der Waals surface area contributed by atoms with Gasteiger partial charge in [0, 0.05) is 6.20 Å². The fraction of sp³-hybridized carbons (Fsp3) is 0. The lowest BCUT2D eigenvalue weighted by Gasteiger charge is -1.91. The number of carbonyl (C=O) groups excluding carboxylic acids is 1. The molecule has 0 spiro atoms. The van der Waals surface area contributed by atoms with Gasteiger partial charge in [0.2, 0.25) is 5.91 Å². The van der Waals surface area contributed by atoms with Gasteiger partial charge in [-0.1, -0.05) is 6.07 Å². The normalized spacial score (nSPS) is 9.20. The van der Waals surface area contributed by atoms with E-state index in [0.717, 1.165) is 0 Å². The first-order valence-electron chi connectivity index (χ1n) is 2.84. The average molecular weight is 135 g/mol. The summed E-state index contributed by atoms with van der Waals surface area (Å²) in [5.74, 6) is -0.473. The summed E-state index contributed by atoms with van der Waals surface area (Å²) in [7, 11) is 0. The number of amides is 1. The molecule has 0 aliphatic heterocycles. The Bertz CT molecular complexity index is 220. The SMILES string of the molecule is NC(=O)[CH]c1ccccn1. The maximum absolute atomic E-state index is 10.3. The Hall–Kier alpha value is -1.38. The second kappa shape index (κ2) is 2.96. The lowest BCUT2D eigenvalue weighted by molar-refractivity contribution is -0.114. The number of primary amides is 1. The van der Waals surface area contributed by atoms with E-state index >= 15 is 0 Å². The molecule has 1 aromatic rings. The van der Waals surface area contributed by atoms with Crippen LogP contribution in [0.1, 0.15) is 5.69 Å². The lowest BCUT2D eigenvalue weighted by atomic mass is 10.3. The molecule has 0 atom stereocenters. The van der Waals surface area contributed by atoms with E-state index in [1.165, 1.54) is 6.42 Å². The van der Waals surface area contributed by atoms with Gasteiger partial charge in [-0.2, -0.15) is 0 Å². The molecule has 0 saturated carbocycles. The van der Waals surface area contributed by atoms with E-state index in [4.69, 9.17) is 5.73 Å². The number of hydrogen-bond acceptors (Lipinski definition) is 2. The van der Waals surface area contributed by atoms with Gasteiger partial charge < -0.3 is 5.73 Å². The maximum atomic E-state index is 10.3. The quantitative estimate of drug-likeness (QED) is 0.626. The molecule has 51 valence electrons. The third-order valence-electron chi connectivity index (χ3n) is 0.978. The van der Waals surface area contributed by atoms with E-state index in [1.807, 2.05) is 0 Å². The first-order chi connectivity index (χ1) is 4.79. The highest BCUT2D eigenvalue weighted by atomic mass is 16.1. The van der Waals surface area contributed by atoms with Gasteiger partial charge in [-0.25, -0.2) is 0 Å². The highest BCUT2D eigenvalue weighted by Crippen LogP contribution is 1.94.